The lowest BCUT2D eigenvalue weighted by atomic mass is 9.95. The van der Waals surface area contributed by atoms with E-state index in [1.807, 2.05) is 78.6 Å². The quantitative estimate of drug-likeness (QED) is 0.542. The lowest BCUT2D eigenvalue weighted by Crippen LogP contribution is -2.48. The fourth-order valence-electron chi connectivity index (χ4n) is 4.46. The molecule has 0 radical (unpaired) electrons. The van der Waals surface area contributed by atoms with E-state index in [0.29, 0.717) is 0 Å². The van der Waals surface area contributed by atoms with Gasteiger partial charge in [0.2, 0.25) is 11.8 Å². The number of benzene rings is 1. The molecule has 5 nitrogen and oxygen atoms in total. The first kappa shape index (κ1) is 22.3. The number of hydrogen-bond donors (Lipinski definition) is 1. The highest BCUT2D eigenvalue weighted by Gasteiger charge is 2.35. The van der Waals surface area contributed by atoms with Crippen LogP contribution >= 0.6 is 11.3 Å². The topological polar surface area (TPSA) is 54.3 Å². The summed E-state index contributed by atoms with van der Waals surface area (Å²) >= 11 is 1.56. The smallest absolute Gasteiger partial charge is 0.249 e. The third kappa shape index (κ3) is 5.13. The van der Waals surface area contributed by atoms with E-state index in [2.05, 4.69) is 5.32 Å². The number of aryl methyl sites for hydroxylation is 2. The van der Waals surface area contributed by atoms with Crippen molar-refractivity contribution in [2.45, 2.75) is 57.5 Å². The van der Waals surface area contributed by atoms with E-state index in [4.69, 9.17) is 0 Å². The Morgan fingerprint density at radius 3 is 2.47 bits per heavy atom. The van der Waals surface area contributed by atoms with Crippen LogP contribution in [0.25, 0.3) is 0 Å². The Labute approximate surface area is 194 Å². The van der Waals surface area contributed by atoms with E-state index in [1.165, 1.54) is 6.42 Å². The van der Waals surface area contributed by atoms with Crippen molar-refractivity contribution in [2.75, 3.05) is 4.90 Å². The molecule has 1 atom stereocenters. The molecular weight excluding hydrogens is 418 g/mol. The van der Waals surface area contributed by atoms with Gasteiger partial charge >= 0.3 is 0 Å². The van der Waals surface area contributed by atoms with Crippen molar-refractivity contribution in [3.63, 3.8) is 0 Å². The zero-order chi connectivity index (χ0) is 22.5. The second-order valence-corrected chi connectivity index (χ2v) is 9.68. The molecule has 0 bridgehead atoms. The van der Waals surface area contributed by atoms with E-state index in [9.17, 15) is 9.59 Å². The van der Waals surface area contributed by atoms with Gasteiger partial charge in [-0.25, -0.2) is 0 Å². The average molecular weight is 450 g/mol. The number of carbonyl (C=O) groups is 2. The number of nitrogens with zero attached hydrogens (tertiary/aromatic N) is 2. The highest BCUT2D eigenvalue weighted by atomic mass is 32.1. The first-order valence-corrected chi connectivity index (χ1v) is 12.2. The van der Waals surface area contributed by atoms with Crippen molar-refractivity contribution in [3.05, 3.63) is 76.2 Å². The number of amides is 2. The summed E-state index contributed by atoms with van der Waals surface area (Å²) in [5.41, 5.74) is 2.65. The molecule has 2 amide bonds. The summed E-state index contributed by atoms with van der Waals surface area (Å²) < 4.78 is 1.94. The van der Waals surface area contributed by atoms with Crippen LogP contribution in [0.2, 0.25) is 0 Å². The maximum atomic E-state index is 13.7. The summed E-state index contributed by atoms with van der Waals surface area (Å²) in [6.07, 6.45) is 7.69. The summed E-state index contributed by atoms with van der Waals surface area (Å²) in [5, 5.41) is 5.24. The maximum Gasteiger partial charge on any atom is 0.249 e. The lowest BCUT2D eigenvalue weighted by Gasteiger charge is -2.33. The van der Waals surface area contributed by atoms with Crippen LogP contribution in [0.3, 0.4) is 0 Å². The molecule has 1 fully saturated rings. The largest absolute Gasteiger partial charge is 0.352 e. The summed E-state index contributed by atoms with van der Waals surface area (Å²) in [6, 6.07) is 15.1. The predicted molar refractivity (Wildman–Crippen MR) is 130 cm³/mol. The number of rotatable bonds is 7. The normalized spacial score (nSPS) is 15.3. The van der Waals surface area contributed by atoms with Gasteiger partial charge in [0.15, 0.2) is 6.04 Å². The van der Waals surface area contributed by atoms with Gasteiger partial charge < -0.3 is 9.88 Å². The fourth-order valence-corrected chi connectivity index (χ4v) is 5.15. The predicted octanol–water partition coefficient (Wildman–Crippen LogP) is 5.16. The van der Waals surface area contributed by atoms with Crippen LogP contribution in [0, 0.1) is 6.92 Å². The molecule has 1 unspecified atom stereocenters. The SMILES string of the molecule is Cc1ccc(N(C(=O)Cc2cccs2)C(C(=O)NC2CCCCC2)c2cccn2C)cc1. The summed E-state index contributed by atoms with van der Waals surface area (Å²) in [4.78, 5) is 30.1. The highest BCUT2D eigenvalue weighted by Crippen LogP contribution is 2.30. The molecule has 1 aliphatic rings. The molecule has 1 aliphatic carbocycles. The minimum atomic E-state index is -0.730. The minimum Gasteiger partial charge on any atom is -0.352 e. The van der Waals surface area contributed by atoms with Crippen molar-refractivity contribution >= 4 is 28.8 Å². The number of aromatic nitrogens is 1. The monoisotopic (exact) mass is 449 g/mol. The van der Waals surface area contributed by atoms with Crippen molar-refractivity contribution in [3.8, 4) is 0 Å². The fraction of sp³-hybridized carbons (Fsp3) is 0.385. The van der Waals surface area contributed by atoms with Crippen LogP contribution in [0.15, 0.2) is 60.1 Å². The Kier molecular flexibility index (Phi) is 7.10. The van der Waals surface area contributed by atoms with Gasteiger partial charge in [0.05, 0.1) is 12.1 Å². The third-order valence-corrected chi connectivity index (χ3v) is 7.08. The van der Waals surface area contributed by atoms with Crippen molar-refractivity contribution in [1.82, 2.24) is 9.88 Å². The number of hydrogen-bond acceptors (Lipinski definition) is 3. The molecule has 4 rings (SSSR count). The van der Waals surface area contributed by atoms with Gasteiger partial charge in [0, 0.05) is 29.9 Å². The Balaban J connectivity index is 1.72. The Morgan fingerprint density at radius 2 is 1.84 bits per heavy atom. The zero-order valence-corrected chi connectivity index (χ0v) is 19.6. The van der Waals surface area contributed by atoms with Crippen LogP contribution in [-0.2, 0) is 23.1 Å². The molecule has 32 heavy (non-hydrogen) atoms. The van der Waals surface area contributed by atoms with Gasteiger partial charge in [-0.3, -0.25) is 14.5 Å². The number of anilines is 1. The Morgan fingerprint density at radius 1 is 1.09 bits per heavy atom. The molecule has 2 aromatic heterocycles. The van der Waals surface area contributed by atoms with Gasteiger partial charge in [0.25, 0.3) is 0 Å². The van der Waals surface area contributed by atoms with E-state index in [-0.39, 0.29) is 24.3 Å². The van der Waals surface area contributed by atoms with Crippen LogP contribution in [0.4, 0.5) is 5.69 Å². The molecule has 1 aromatic carbocycles. The molecule has 0 aliphatic heterocycles. The van der Waals surface area contributed by atoms with Crippen LogP contribution in [0.5, 0.6) is 0 Å². The minimum absolute atomic E-state index is 0.0821. The first-order valence-electron chi connectivity index (χ1n) is 11.4. The molecule has 2 heterocycles. The first-order chi connectivity index (χ1) is 15.5. The van der Waals surface area contributed by atoms with E-state index in [0.717, 1.165) is 47.5 Å². The number of carbonyl (C=O) groups excluding carboxylic acids is 2. The van der Waals surface area contributed by atoms with E-state index >= 15 is 0 Å². The van der Waals surface area contributed by atoms with Crippen molar-refractivity contribution in [1.29, 1.82) is 0 Å². The van der Waals surface area contributed by atoms with Gasteiger partial charge in [-0.05, 0) is 55.5 Å². The Hall–Kier alpha value is -2.86. The van der Waals surface area contributed by atoms with Crippen LogP contribution in [0.1, 0.15) is 54.3 Å². The van der Waals surface area contributed by atoms with E-state index in [1.54, 1.807) is 16.2 Å². The third-order valence-electron chi connectivity index (χ3n) is 6.21. The highest BCUT2D eigenvalue weighted by molar-refractivity contribution is 7.10. The van der Waals surface area contributed by atoms with Crippen molar-refractivity contribution in [2.24, 2.45) is 7.05 Å². The van der Waals surface area contributed by atoms with Gasteiger partial charge in [0.1, 0.15) is 0 Å². The van der Waals surface area contributed by atoms with Gasteiger partial charge in [-0.2, -0.15) is 0 Å². The zero-order valence-electron chi connectivity index (χ0n) is 18.8. The summed E-state index contributed by atoms with van der Waals surface area (Å²) in [6.45, 7) is 2.02. The number of nitrogens with one attached hydrogen (secondary N) is 1. The standard InChI is InChI=1S/C26H31N3O2S/c1-19-12-14-21(15-13-19)29(24(30)18-22-10-7-17-32-22)25(23-11-6-16-28(23)2)26(31)27-20-8-4-3-5-9-20/h6-7,10-17,20,25H,3-5,8-9,18H2,1-2H3,(H,27,31). The molecule has 0 saturated heterocycles. The maximum absolute atomic E-state index is 13.7. The molecular formula is C26H31N3O2S. The van der Waals surface area contributed by atoms with Gasteiger partial charge in [-0.15, -0.1) is 11.3 Å². The second kappa shape index (κ2) is 10.2. The molecule has 1 N–H and O–H groups in total. The summed E-state index contributed by atoms with van der Waals surface area (Å²) in [5.74, 6) is -0.194. The number of thiophene rings is 1. The average Bonchev–Trinajstić information content (AvgIpc) is 3.45. The second-order valence-electron chi connectivity index (χ2n) is 8.65. The molecule has 3 aromatic rings. The molecule has 1 saturated carbocycles. The molecule has 168 valence electrons. The van der Waals surface area contributed by atoms with E-state index < -0.39 is 6.04 Å². The van der Waals surface area contributed by atoms with Gasteiger partial charge in [-0.1, -0.05) is 43.0 Å². The van der Waals surface area contributed by atoms with Crippen molar-refractivity contribution < 1.29 is 9.59 Å². The summed E-state index contributed by atoms with van der Waals surface area (Å²) in [7, 11) is 1.92. The Bertz CT molecular complexity index is 1030. The van der Waals surface area contributed by atoms with Crippen LogP contribution < -0.4 is 10.2 Å². The lowest BCUT2D eigenvalue weighted by molar-refractivity contribution is -0.127. The molecule has 0 spiro atoms. The molecule has 6 heteroatoms. The van der Waals surface area contributed by atoms with Crippen LogP contribution in [-0.4, -0.2) is 22.4 Å².